The van der Waals surface area contributed by atoms with Crippen LogP contribution < -0.4 is 0 Å². The van der Waals surface area contributed by atoms with Gasteiger partial charge in [0.1, 0.15) is 0 Å². The molecule has 0 aliphatic rings. The highest BCUT2D eigenvalue weighted by molar-refractivity contribution is 7.11. The maximum atomic E-state index is 3.80. The summed E-state index contributed by atoms with van der Waals surface area (Å²) in [5.74, 6) is 0. The highest BCUT2D eigenvalue weighted by atomic mass is 32.1. The Morgan fingerprint density at radius 2 is 2.10 bits per heavy atom. The van der Waals surface area contributed by atoms with Crippen LogP contribution in [0.15, 0.2) is 17.8 Å². The molecule has 0 aliphatic heterocycles. The summed E-state index contributed by atoms with van der Waals surface area (Å²) in [6.07, 6.45) is 3.60. The van der Waals surface area contributed by atoms with Crippen LogP contribution in [0.25, 0.3) is 10.8 Å². The first-order chi connectivity index (χ1) is 4.88. The van der Waals surface area contributed by atoms with Gasteiger partial charge in [-0.2, -0.15) is 10.2 Å². The van der Waals surface area contributed by atoms with E-state index in [0.29, 0.717) is 0 Å². The second-order valence-corrected chi connectivity index (χ2v) is 3.23. The van der Waals surface area contributed by atoms with Gasteiger partial charge in [-0.1, -0.05) is 0 Å². The Bertz CT molecular complexity index is 353. The molecule has 0 saturated carbocycles. The zero-order valence-electron chi connectivity index (χ0n) is 5.53. The number of rotatable bonds is 0. The van der Waals surface area contributed by atoms with Crippen LogP contribution in [0.2, 0.25) is 0 Å². The van der Waals surface area contributed by atoms with E-state index in [-0.39, 0.29) is 0 Å². The van der Waals surface area contributed by atoms with E-state index < -0.39 is 0 Å². The molecule has 0 saturated heterocycles. The lowest BCUT2D eigenvalue weighted by Crippen LogP contribution is -1.76. The van der Waals surface area contributed by atoms with Crippen molar-refractivity contribution in [3.8, 4) is 0 Å². The maximum absolute atomic E-state index is 3.80. The van der Waals surface area contributed by atoms with E-state index >= 15 is 0 Å². The molecule has 2 aromatic rings. The average Bonchev–Trinajstić information content (AvgIpc) is 2.34. The predicted octanol–water partition coefficient (Wildman–Crippen LogP) is 2.00. The molecule has 0 radical (unpaired) electrons. The molecule has 0 aromatic carbocycles. The molecule has 2 rings (SSSR count). The number of fused-ring (bicyclic) bond motifs is 1. The van der Waals surface area contributed by atoms with Crippen molar-refractivity contribution >= 4 is 22.1 Å². The van der Waals surface area contributed by atoms with Crippen molar-refractivity contribution in [3.05, 3.63) is 22.7 Å². The van der Waals surface area contributed by atoms with E-state index in [1.807, 2.05) is 0 Å². The van der Waals surface area contributed by atoms with Crippen LogP contribution in [0.3, 0.4) is 0 Å². The number of thiophene rings is 1. The molecule has 10 heavy (non-hydrogen) atoms. The number of hydrogen-bond donors (Lipinski definition) is 0. The lowest BCUT2D eigenvalue weighted by molar-refractivity contribution is 1.05. The fraction of sp³-hybridized carbons (Fsp3) is 0.143. The van der Waals surface area contributed by atoms with E-state index in [1.165, 1.54) is 15.6 Å². The van der Waals surface area contributed by atoms with Crippen molar-refractivity contribution in [2.24, 2.45) is 0 Å². The third-order valence-electron chi connectivity index (χ3n) is 1.50. The fourth-order valence-corrected chi connectivity index (χ4v) is 1.72. The Hall–Kier alpha value is -0.960. The van der Waals surface area contributed by atoms with Gasteiger partial charge in [-0.15, -0.1) is 11.3 Å². The van der Waals surface area contributed by atoms with Gasteiger partial charge in [-0.05, 0) is 6.92 Å². The smallest absolute Gasteiger partial charge is 0.0585 e. The standard InChI is InChI=1S/C7H6N2S/c1-5-7-3-9-8-2-6(7)4-10-5/h2-4H,1H3. The van der Waals surface area contributed by atoms with E-state index in [1.54, 1.807) is 23.7 Å². The van der Waals surface area contributed by atoms with Crippen molar-refractivity contribution < 1.29 is 0 Å². The average molecular weight is 150 g/mol. The van der Waals surface area contributed by atoms with Gasteiger partial charge in [0.25, 0.3) is 0 Å². The molecule has 0 fully saturated rings. The summed E-state index contributed by atoms with van der Waals surface area (Å²) in [7, 11) is 0. The van der Waals surface area contributed by atoms with Crippen LogP contribution >= 0.6 is 11.3 Å². The van der Waals surface area contributed by atoms with Crippen molar-refractivity contribution in [3.63, 3.8) is 0 Å². The SMILES string of the molecule is Cc1scc2cnncc12. The monoisotopic (exact) mass is 150 g/mol. The highest BCUT2D eigenvalue weighted by Gasteiger charge is 1.97. The highest BCUT2D eigenvalue weighted by Crippen LogP contribution is 2.22. The fourth-order valence-electron chi connectivity index (χ4n) is 0.934. The molecule has 2 nitrogen and oxygen atoms in total. The van der Waals surface area contributed by atoms with Crippen LogP contribution in [-0.2, 0) is 0 Å². The van der Waals surface area contributed by atoms with Crippen LogP contribution in [0.1, 0.15) is 4.88 Å². The van der Waals surface area contributed by atoms with E-state index in [9.17, 15) is 0 Å². The van der Waals surface area contributed by atoms with E-state index in [2.05, 4.69) is 22.5 Å². The second-order valence-electron chi connectivity index (χ2n) is 2.15. The summed E-state index contributed by atoms with van der Waals surface area (Å²) in [4.78, 5) is 1.31. The van der Waals surface area contributed by atoms with Crippen molar-refractivity contribution in [2.45, 2.75) is 6.92 Å². The molecular weight excluding hydrogens is 144 g/mol. The largest absolute Gasteiger partial charge is 0.158 e. The molecule has 0 unspecified atom stereocenters. The van der Waals surface area contributed by atoms with E-state index in [0.717, 1.165) is 0 Å². The van der Waals surface area contributed by atoms with Crippen LogP contribution in [0.4, 0.5) is 0 Å². The molecule has 3 heteroatoms. The summed E-state index contributed by atoms with van der Waals surface area (Å²) in [6, 6.07) is 0. The normalized spacial score (nSPS) is 10.5. The summed E-state index contributed by atoms with van der Waals surface area (Å²) >= 11 is 1.74. The Balaban J connectivity index is 2.93. The zero-order valence-corrected chi connectivity index (χ0v) is 6.35. The van der Waals surface area contributed by atoms with Gasteiger partial charge >= 0.3 is 0 Å². The molecule has 0 atom stereocenters. The molecular formula is C7H6N2S. The molecule has 0 N–H and O–H groups in total. The Labute approximate surface area is 62.5 Å². The van der Waals surface area contributed by atoms with Gasteiger partial charge < -0.3 is 0 Å². The minimum atomic E-state index is 1.19. The number of aryl methyl sites for hydroxylation is 1. The Morgan fingerprint density at radius 3 is 2.90 bits per heavy atom. The minimum absolute atomic E-state index is 1.19. The Kier molecular flexibility index (Phi) is 1.17. The molecule has 2 aromatic heterocycles. The molecule has 0 aliphatic carbocycles. The predicted molar refractivity (Wildman–Crippen MR) is 42.2 cm³/mol. The third kappa shape index (κ3) is 0.708. The zero-order chi connectivity index (χ0) is 6.97. The number of nitrogens with zero attached hydrogens (tertiary/aromatic N) is 2. The quantitative estimate of drug-likeness (QED) is 0.574. The maximum Gasteiger partial charge on any atom is 0.0585 e. The van der Waals surface area contributed by atoms with Crippen molar-refractivity contribution in [1.29, 1.82) is 0 Å². The van der Waals surface area contributed by atoms with Gasteiger partial charge in [0.2, 0.25) is 0 Å². The molecule has 0 amide bonds. The summed E-state index contributed by atoms with van der Waals surface area (Å²) in [5, 5.41) is 12.1. The second kappa shape index (κ2) is 2.02. The molecule has 0 bridgehead atoms. The van der Waals surface area contributed by atoms with Gasteiger partial charge in [0, 0.05) is 21.0 Å². The lowest BCUT2D eigenvalue weighted by Gasteiger charge is -1.85. The third-order valence-corrected chi connectivity index (χ3v) is 2.45. The topological polar surface area (TPSA) is 25.8 Å². The van der Waals surface area contributed by atoms with Crippen LogP contribution in [0.5, 0.6) is 0 Å². The minimum Gasteiger partial charge on any atom is -0.158 e. The van der Waals surface area contributed by atoms with Gasteiger partial charge in [-0.3, -0.25) is 0 Å². The Morgan fingerprint density at radius 1 is 1.30 bits per heavy atom. The van der Waals surface area contributed by atoms with Crippen molar-refractivity contribution in [2.75, 3.05) is 0 Å². The van der Waals surface area contributed by atoms with Crippen LogP contribution in [-0.4, -0.2) is 10.2 Å². The summed E-state index contributed by atoms with van der Waals surface area (Å²) in [5.41, 5.74) is 0. The molecule has 0 spiro atoms. The lowest BCUT2D eigenvalue weighted by atomic mass is 10.3. The van der Waals surface area contributed by atoms with Gasteiger partial charge in [-0.25, -0.2) is 0 Å². The molecule has 2 heterocycles. The van der Waals surface area contributed by atoms with Gasteiger partial charge in [0.15, 0.2) is 0 Å². The first-order valence-electron chi connectivity index (χ1n) is 3.02. The summed E-state index contributed by atoms with van der Waals surface area (Å²) < 4.78 is 0. The van der Waals surface area contributed by atoms with E-state index in [4.69, 9.17) is 0 Å². The molecule has 50 valence electrons. The van der Waals surface area contributed by atoms with Crippen molar-refractivity contribution in [1.82, 2.24) is 10.2 Å². The number of aromatic nitrogens is 2. The van der Waals surface area contributed by atoms with Crippen LogP contribution in [0, 0.1) is 6.92 Å². The first kappa shape index (κ1) is 5.80. The number of hydrogen-bond acceptors (Lipinski definition) is 3. The van der Waals surface area contributed by atoms with Gasteiger partial charge in [0.05, 0.1) is 12.4 Å². The summed E-state index contributed by atoms with van der Waals surface area (Å²) in [6.45, 7) is 2.09. The first-order valence-corrected chi connectivity index (χ1v) is 3.90.